The molecule has 7 nitrogen and oxygen atoms in total. The van der Waals surface area contributed by atoms with Gasteiger partial charge in [0.25, 0.3) is 5.91 Å². The normalized spacial score (nSPS) is 14.6. The summed E-state index contributed by atoms with van der Waals surface area (Å²) in [6.07, 6.45) is 0. The molecule has 0 spiro atoms. The van der Waals surface area contributed by atoms with E-state index in [1.807, 2.05) is 36.1 Å². The quantitative estimate of drug-likeness (QED) is 0.485. The highest BCUT2D eigenvalue weighted by molar-refractivity contribution is 7.22. The maximum Gasteiger partial charge on any atom is 0.253 e. The number of aromatic nitrogens is 3. The van der Waals surface area contributed by atoms with Crippen molar-refractivity contribution in [3.63, 3.8) is 0 Å². The molecule has 1 fully saturated rings. The number of piperazine rings is 1. The maximum atomic E-state index is 12.9. The van der Waals surface area contributed by atoms with Crippen LogP contribution in [0.5, 0.6) is 0 Å². The summed E-state index contributed by atoms with van der Waals surface area (Å²) in [5.41, 5.74) is 4.70. The van der Waals surface area contributed by atoms with Gasteiger partial charge >= 0.3 is 0 Å². The number of aryl methyl sites for hydroxylation is 2. The van der Waals surface area contributed by atoms with E-state index in [0.29, 0.717) is 17.2 Å². The zero-order valence-electron chi connectivity index (χ0n) is 19.0. The van der Waals surface area contributed by atoms with Gasteiger partial charge in [-0.05, 0) is 39.1 Å². The number of fused-ring (bicyclic) bond motifs is 1. The number of benzene rings is 2. The Morgan fingerprint density at radius 2 is 1.70 bits per heavy atom. The molecule has 0 radical (unpaired) electrons. The fourth-order valence-corrected chi connectivity index (χ4v) is 4.83. The predicted octanol–water partition coefficient (Wildman–Crippen LogP) is 4.50. The van der Waals surface area contributed by atoms with Gasteiger partial charge in [0.2, 0.25) is 0 Å². The molecule has 168 valence electrons. The van der Waals surface area contributed by atoms with Gasteiger partial charge in [0.15, 0.2) is 5.13 Å². The van der Waals surface area contributed by atoms with Crippen LogP contribution in [-0.2, 0) is 0 Å². The first-order valence-corrected chi connectivity index (χ1v) is 11.8. The minimum Gasteiger partial charge on any atom is -0.336 e. The first kappa shape index (κ1) is 21.5. The number of anilines is 2. The van der Waals surface area contributed by atoms with E-state index in [1.165, 1.54) is 16.9 Å². The number of amides is 1. The van der Waals surface area contributed by atoms with E-state index in [9.17, 15) is 4.79 Å². The molecule has 2 aromatic heterocycles. The van der Waals surface area contributed by atoms with Gasteiger partial charge in [0.05, 0.1) is 15.9 Å². The summed E-state index contributed by atoms with van der Waals surface area (Å²) in [7, 11) is 2.09. The molecule has 0 saturated carbocycles. The number of thiazole rings is 1. The second-order valence-corrected chi connectivity index (χ2v) is 9.50. The van der Waals surface area contributed by atoms with Crippen molar-refractivity contribution >= 4 is 38.4 Å². The van der Waals surface area contributed by atoms with Crippen molar-refractivity contribution in [2.24, 2.45) is 0 Å². The molecule has 8 heteroatoms. The highest BCUT2D eigenvalue weighted by Crippen LogP contribution is 2.30. The molecule has 33 heavy (non-hydrogen) atoms. The number of likely N-dealkylation sites (N-methyl/N-ethyl adjacent to an activating group) is 1. The van der Waals surface area contributed by atoms with Gasteiger partial charge in [-0.1, -0.05) is 41.2 Å². The maximum absolute atomic E-state index is 12.9. The minimum absolute atomic E-state index is 0.0853. The lowest BCUT2D eigenvalue weighted by Gasteiger charge is -2.32. The first-order chi connectivity index (χ1) is 15.9. The molecule has 1 aliphatic heterocycles. The third-order valence-electron chi connectivity index (χ3n) is 5.85. The number of hydrogen-bond donors (Lipinski definition) is 1. The molecule has 1 saturated heterocycles. The molecule has 1 aliphatic rings. The van der Waals surface area contributed by atoms with Gasteiger partial charge in [0, 0.05) is 43.4 Å². The predicted molar refractivity (Wildman–Crippen MR) is 133 cm³/mol. The van der Waals surface area contributed by atoms with Crippen molar-refractivity contribution < 1.29 is 4.79 Å². The van der Waals surface area contributed by atoms with Crippen molar-refractivity contribution in [2.45, 2.75) is 13.8 Å². The molecule has 5 rings (SSSR count). The van der Waals surface area contributed by atoms with Gasteiger partial charge in [-0.15, -0.1) is 0 Å². The third kappa shape index (κ3) is 4.72. The average molecular weight is 459 g/mol. The van der Waals surface area contributed by atoms with Gasteiger partial charge in [-0.2, -0.15) is 0 Å². The molecular formula is C25H26N6OS. The SMILES string of the molecule is Cc1ccc(-c2cc(Nc3nc4ccc(C(=O)N5CCN(C)CC5)cc4s3)nc(C)n2)cc1. The monoisotopic (exact) mass is 458 g/mol. The summed E-state index contributed by atoms with van der Waals surface area (Å²) in [6.45, 7) is 7.30. The summed E-state index contributed by atoms with van der Waals surface area (Å²) in [5, 5.41) is 4.07. The lowest BCUT2D eigenvalue weighted by Crippen LogP contribution is -2.47. The number of nitrogens with zero attached hydrogens (tertiary/aromatic N) is 5. The molecule has 3 heterocycles. The molecule has 0 atom stereocenters. The smallest absolute Gasteiger partial charge is 0.253 e. The van der Waals surface area contributed by atoms with E-state index >= 15 is 0 Å². The molecule has 1 amide bonds. The fraction of sp³-hybridized carbons (Fsp3) is 0.280. The summed E-state index contributed by atoms with van der Waals surface area (Å²) < 4.78 is 0.974. The Morgan fingerprint density at radius 1 is 0.939 bits per heavy atom. The van der Waals surface area contributed by atoms with Crippen LogP contribution in [0.3, 0.4) is 0 Å². The lowest BCUT2D eigenvalue weighted by atomic mass is 10.1. The highest BCUT2D eigenvalue weighted by atomic mass is 32.1. The lowest BCUT2D eigenvalue weighted by molar-refractivity contribution is 0.0664. The summed E-state index contributed by atoms with van der Waals surface area (Å²) >= 11 is 1.52. The van der Waals surface area contributed by atoms with Crippen LogP contribution in [0.15, 0.2) is 48.5 Å². The van der Waals surface area contributed by atoms with Crippen LogP contribution in [0, 0.1) is 13.8 Å². The second kappa shape index (κ2) is 8.88. The second-order valence-electron chi connectivity index (χ2n) is 8.47. The summed E-state index contributed by atoms with van der Waals surface area (Å²) in [5.74, 6) is 1.48. The van der Waals surface area contributed by atoms with Crippen molar-refractivity contribution in [3.05, 3.63) is 65.5 Å². The van der Waals surface area contributed by atoms with Gasteiger partial charge in [-0.25, -0.2) is 15.0 Å². The van der Waals surface area contributed by atoms with Crippen molar-refractivity contribution in [3.8, 4) is 11.3 Å². The van der Waals surface area contributed by atoms with E-state index < -0.39 is 0 Å². The average Bonchev–Trinajstić information content (AvgIpc) is 3.20. The van der Waals surface area contributed by atoms with E-state index in [-0.39, 0.29) is 5.91 Å². The molecule has 2 aromatic carbocycles. The zero-order chi connectivity index (χ0) is 22.9. The number of carbonyl (C=O) groups excluding carboxylic acids is 1. The van der Waals surface area contributed by atoms with Crippen molar-refractivity contribution in [2.75, 3.05) is 38.5 Å². The number of nitrogens with one attached hydrogen (secondary N) is 1. The topological polar surface area (TPSA) is 74.2 Å². The van der Waals surface area contributed by atoms with Crippen molar-refractivity contribution in [1.29, 1.82) is 0 Å². The molecule has 4 aromatic rings. The van der Waals surface area contributed by atoms with Crippen LogP contribution in [0.2, 0.25) is 0 Å². The molecular weight excluding hydrogens is 432 g/mol. The Bertz CT molecular complexity index is 1310. The largest absolute Gasteiger partial charge is 0.336 e. The van der Waals surface area contributed by atoms with E-state index in [2.05, 4.69) is 63.4 Å². The van der Waals surface area contributed by atoms with E-state index in [1.54, 1.807) is 0 Å². The Morgan fingerprint density at radius 3 is 2.45 bits per heavy atom. The van der Waals surface area contributed by atoms with Crippen LogP contribution in [0.25, 0.3) is 21.5 Å². The Balaban J connectivity index is 1.37. The highest BCUT2D eigenvalue weighted by Gasteiger charge is 2.21. The molecule has 0 aliphatic carbocycles. The summed E-state index contributed by atoms with van der Waals surface area (Å²) in [6, 6.07) is 16.0. The summed E-state index contributed by atoms with van der Waals surface area (Å²) in [4.78, 5) is 30.9. The Labute approximate surface area is 197 Å². The third-order valence-corrected chi connectivity index (χ3v) is 6.78. The van der Waals surface area contributed by atoms with Gasteiger partial charge in [0.1, 0.15) is 11.6 Å². The minimum atomic E-state index is 0.0853. The van der Waals surface area contributed by atoms with Crippen LogP contribution in [0.4, 0.5) is 10.9 Å². The fourth-order valence-electron chi connectivity index (χ4n) is 3.92. The van der Waals surface area contributed by atoms with E-state index in [0.717, 1.165) is 52.8 Å². The Kier molecular flexibility index (Phi) is 5.78. The Hall–Kier alpha value is -3.36. The molecule has 1 N–H and O–H groups in total. The standard InChI is InChI=1S/C25H26N6OS/c1-16-4-6-18(7-5-16)21-15-23(27-17(2)26-21)29-25-28-20-9-8-19(14-22(20)33-25)24(32)31-12-10-30(3)11-13-31/h4-9,14-15H,10-13H2,1-3H3,(H,26,27,28,29). The number of hydrogen-bond acceptors (Lipinski definition) is 7. The van der Waals surface area contributed by atoms with Gasteiger partial charge < -0.3 is 15.1 Å². The van der Waals surface area contributed by atoms with Crippen LogP contribution < -0.4 is 5.32 Å². The number of rotatable bonds is 4. The van der Waals surface area contributed by atoms with Crippen LogP contribution in [-0.4, -0.2) is 63.9 Å². The number of carbonyl (C=O) groups is 1. The zero-order valence-corrected chi connectivity index (χ0v) is 19.8. The van der Waals surface area contributed by atoms with Crippen LogP contribution >= 0.6 is 11.3 Å². The van der Waals surface area contributed by atoms with Gasteiger partial charge in [-0.3, -0.25) is 4.79 Å². The first-order valence-electron chi connectivity index (χ1n) is 11.0. The van der Waals surface area contributed by atoms with Crippen LogP contribution in [0.1, 0.15) is 21.7 Å². The molecule has 0 bridgehead atoms. The van der Waals surface area contributed by atoms with E-state index in [4.69, 9.17) is 0 Å². The molecule has 0 unspecified atom stereocenters. The van der Waals surface area contributed by atoms with Crippen molar-refractivity contribution in [1.82, 2.24) is 24.8 Å².